The van der Waals surface area contributed by atoms with E-state index in [1.54, 1.807) is 0 Å². The van der Waals surface area contributed by atoms with Gasteiger partial charge in [0.1, 0.15) is 11.8 Å². The number of hydrogen-bond donors (Lipinski definition) is 3. The Morgan fingerprint density at radius 3 is 2.43 bits per heavy atom. The Balaban J connectivity index is 1.80. The highest BCUT2D eigenvalue weighted by Crippen LogP contribution is 2.25. The lowest BCUT2D eigenvalue weighted by atomic mass is 10.0. The molecule has 1 heterocycles. The Labute approximate surface area is 214 Å². The molecule has 2 rings (SSSR count). The zero-order valence-electron chi connectivity index (χ0n) is 20.9. The summed E-state index contributed by atoms with van der Waals surface area (Å²) in [6.07, 6.45) is 0.743. The third kappa shape index (κ3) is 9.88. The van der Waals surface area contributed by atoms with Crippen molar-refractivity contribution in [3.05, 3.63) is 29.3 Å². The predicted octanol–water partition coefficient (Wildman–Crippen LogP) is -1.12. The molecule has 4 N–H and O–H groups in total. The van der Waals surface area contributed by atoms with Crippen LogP contribution in [-0.4, -0.2) is 107 Å². The lowest BCUT2D eigenvalue weighted by Crippen LogP contribution is -2.53. The predicted molar refractivity (Wildman–Crippen MR) is 130 cm³/mol. The Hall–Kier alpha value is -3.39. The molecule has 1 aliphatic heterocycles. The van der Waals surface area contributed by atoms with Gasteiger partial charge in [0.2, 0.25) is 11.8 Å². The summed E-state index contributed by atoms with van der Waals surface area (Å²) >= 11 is 0. The van der Waals surface area contributed by atoms with Crippen molar-refractivity contribution in [2.45, 2.75) is 18.9 Å². The molecule has 0 saturated carbocycles. The van der Waals surface area contributed by atoms with Crippen molar-refractivity contribution >= 4 is 29.9 Å². The fourth-order valence-electron chi connectivity index (χ4n) is 3.45. The van der Waals surface area contributed by atoms with Crippen LogP contribution in [0.2, 0.25) is 0 Å². The van der Waals surface area contributed by atoms with Gasteiger partial charge >= 0.3 is 0 Å². The lowest BCUT2D eigenvalue weighted by Gasteiger charge is -2.30. The first kappa shape index (κ1) is 29.8. The van der Waals surface area contributed by atoms with Crippen molar-refractivity contribution in [1.82, 2.24) is 15.5 Å². The fraction of sp³-hybridized carbons (Fsp3) is 0.542. The maximum Gasteiger partial charge on any atom is 0.258 e. The number of likely N-dealkylation sites (N-methyl/N-ethyl adjacent to an activating group) is 1. The van der Waals surface area contributed by atoms with Crippen molar-refractivity contribution in [1.29, 1.82) is 0 Å². The zero-order valence-corrected chi connectivity index (χ0v) is 20.9. The van der Waals surface area contributed by atoms with Crippen LogP contribution in [0, 0.1) is 0 Å². The first-order valence-electron chi connectivity index (χ1n) is 11.9. The van der Waals surface area contributed by atoms with E-state index < -0.39 is 36.3 Å². The van der Waals surface area contributed by atoms with Gasteiger partial charge in [-0.15, -0.1) is 0 Å². The van der Waals surface area contributed by atoms with E-state index in [-0.39, 0.29) is 42.9 Å². The minimum atomic E-state index is -0.879. The van der Waals surface area contributed by atoms with Crippen LogP contribution in [0.3, 0.4) is 0 Å². The van der Waals surface area contributed by atoms with Gasteiger partial charge in [-0.25, -0.2) is 0 Å². The number of imide groups is 1. The zero-order chi connectivity index (χ0) is 27.0. The number of aldehydes is 1. The Kier molecular flexibility index (Phi) is 13.2. The van der Waals surface area contributed by atoms with E-state index in [2.05, 4.69) is 10.6 Å². The summed E-state index contributed by atoms with van der Waals surface area (Å²) in [5, 5.41) is 4.82. The third-order valence-electron chi connectivity index (χ3n) is 5.33. The lowest BCUT2D eigenvalue weighted by molar-refractivity contribution is -0.136. The normalized spacial score (nSPS) is 15.1. The molecule has 13 nitrogen and oxygen atoms in total. The molecule has 1 aromatic rings. The second-order valence-corrected chi connectivity index (χ2v) is 7.99. The summed E-state index contributed by atoms with van der Waals surface area (Å²) in [5.74, 6) is -2.08. The number of hydrogen-bond acceptors (Lipinski definition) is 10. The number of nitrogens with two attached hydrogens (primary N) is 1. The molecule has 204 valence electrons. The summed E-state index contributed by atoms with van der Waals surface area (Å²) in [7, 11) is 1.40. The van der Waals surface area contributed by atoms with Crippen LogP contribution in [-0.2, 0) is 28.6 Å². The number of ether oxygens (including phenoxy) is 4. The number of amides is 4. The van der Waals surface area contributed by atoms with Crippen LogP contribution in [0.5, 0.6) is 5.75 Å². The minimum Gasteiger partial charge on any atom is -0.483 e. The average Bonchev–Trinajstić information content (AvgIpc) is 2.89. The van der Waals surface area contributed by atoms with E-state index in [4.69, 9.17) is 24.7 Å². The van der Waals surface area contributed by atoms with Gasteiger partial charge in [-0.3, -0.25) is 29.3 Å². The molecular weight excluding hydrogens is 488 g/mol. The number of carbonyl (C=O) groups is 5. The molecule has 1 fully saturated rings. The van der Waals surface area contributed by atoms with Gasteiger partial charge in [0.15, 0.2) is 12.9 Å². The molecule has 0 aromatic heterocycles. The van der Waals surface area contributed by atoms with Gasteiger partial charge in [0, 0.05) is 32.1 Å². The number of rotatable bonds is 17. The molecule has 1 atom stereocenters. The number of piperidine rings is 1. The molecule has 0 aliphatic carbocycles. The highest BCUT2D eigenvalue weighted by atomic mass is 16.5. The summed E-state index contributed by atoms with van der Waals surface area (Å²) in [6.45, 7) is 2.69. The number of nitrogens with zero attached hydrogens (tertiary/aromatic N) is 1. The van der Waals surface area contributed by atoms with Crippen LogP contribution >= 0.6 is 0 Å². The molecule has 1 unspecified atom stereocenters. The summed E-state index contributed by atoms with van der Waals surface area (Å²) in [6, 6.07) is 3.52. The Morgan fingerprint density at radius 1 is 1.11 bits per heavy atom. The number of nitrogens with one attached hydrogen (secondary N) is 2. The van der Waals surface area contributed by atoms with Crippen LogP contribution in [0.1, 0.15) is 33.6 Å². The smallest absolute Gasteiger partial charge is 0.258 e. The topological polar surface area (TPSA) is 176 Å². The standard InChI is InChI=1S/C24H34N4O9/c1-28(18-5-6-20(30)27-23(18)32)24(33)22-17(15-29)3-2-4-19(22)37-16-21(31)26-8-10-35-12-14-36-13-11-34-9-7-25/h2-4,15,18H,5-14,16,25H2,1H3,(H,26,31)(H,27,30,32). The molecule has 1 saturated heterocycles. The van der Waals surface area contributed by atoms with E-state index in [9.17, 15) is 24.0 Å². The van der Waals surface area contributed by atoms with Gasteiger partial charge < -0.3 is 34.9 Å². The first-order chi connectivity index (χ1) is 17.9. The maximum atomic E-state index is 13.2. The molecule has 4 amide bonds. The summed E-state index contributed by atoms with van der Waals surface area (Å²) < 4.78 is 21.4. The van der Waals surface area contributed by atoms with Crippen LogP contribution in [0.4, 0.5) is 0 Å². The first-order valence-corrected chi connectivity index (χ1v) is 11.9. The van der Waals surface area contributed by atoms with Gasteiger partial charge in [-0.1, -0.05) is 12.1 Å². The van der Waals surface area contributed by atoms with E-state index in [0.29, 0.717) is 45.9 Å². The van der Waals surface area contributed by atoms with Crippen molar-refractivity contribution in [2.75, 3.05) is 66.4 Å². The van der Waals surface area contributed by atoms with Gasteiger partial charge in [-0.2, -0.15) is 0 Å². The minimum absolute atomic E-state index is 0.0211. The fourth-order valence-corrected chi connectivity index (χ4v) is 3.45. The molecule has 0 spiro atoms. The Morgan fingerprint density at radius 2 is 1.78 bits per heavy atom. The Bertz CT molecular complexity index is 941. The monoisotopic (exact) mass is 522 g/mol. The highest BCUT2D eigenvalue weighted by molar-refractivity contribution is 6.07. The molecule has 0 bridgehead atoms. The van der Waals surface area contributed by atoms with Crippen molar-refractivity contribution < 1.29 is 42.9 Å². The van der Waals surface area contributed by atoms with E-state index in [0.717, 1.165) is 4.90 Å². The second kappa shape index (κ2) is 16.4. The maximum absolute atomic E-state index is 13.2. The van der Waals surface area contributed by atoms with E-state index >= 15 is 0 Å². The van der Waals surface area contributed by atoms with Crippen LogP contribution in [0.15, 0.2) is 18.2 Å². The molecule has 37 heavy (non-hydrogen) atoms. The second-order valence-electron chi connectivity index (χ2n) is 7.99. The third-order valence-corrected chi connectivity index (χ3v) is 5.33. The largest absolute Gasteiger partial charge is 0.483 e. The average molecular weight is 523 g/mol. The molecule has 1 aromatic carbocycles. The van der Waals surface area contributed by atoms with Crippen molar-refractivity contribution in [2.24, 2.45) is 5.73 Å². The summed E-state index contributed by atoms with van der Waals surface area (Å²) in [5.41, 5.74) is 5.28. The van der Waals surface area contributed by atoms with E-state index in [1.165, 1.54) is 25.2 Å². The quantitative estimate of drug-likeness (QED) is 0.129. The van der Waals surface area contributed by atoms with Crippen LogP contribution in [0.25, 0.3) is 0 Å². The molecule has 1 aliphatic rings. The highest BCUT2D eigenvalue weighted by Gasteiger charge is 2.34. The molecule has 0 radical (unpaired) electrons. The van der Waals surface area contributed by atoms with Crippen LogP contribution < -0.4 is 21.1 Å². The molecular formula is C24H34N4O9. The van der Waals surface area contributed by atoms with Gasteiger partial charge in [0.05, 0.1) is 45.2 Å². The van der Waals surface area contributed by atoms with E-state index in [1.807, 2.05) is 0 Å². The van der Waals surface area contributed by atoms with Crippen molar-refractivity contribution in [3.8, 4) is 5.75 Å². The van der Waals surface area contributed by atoms with Crippen molar-refractivity contribution in [3.63, 3.8) is 0 Å². The van der Waals surface area contributed by atoms with Gasteiger partial charge in [0.25, 0.3) is 11.8 Å². The molecule has 13 heteroatoms. The van der Waals surface area contributed by atoms with Gasteiger partial charge in [-0.05, 0) is 12.5 Å². The number of benzene rings is 1. The summed E-state index contributed by atoms with van der Waals surface area (Å²) in [4.78, 5) is 61.7. The SMILES string of the molecule is CN(C(=O)c1c(C=O)cccc1OCC(=O)NCCOCCOCCOCCN)C1CCC(=O)NC1=O. The number of carbonyl (C=O) groups excluding carboxylic acids is 5.